The van der Waals surface area contributed by atoms with E-state index in [9.17, 15) is 14.7 Å². The molecule has 4 nitrogen and oxygen atoms in total. The largest absolute Gasteiger partial charge is 0.481 e. The lowest BCUT2D eigenvalue weighted by atomic mass is 9.73. The Morgan fingerprint density at radius 3 is 2.74 bits per heavy atom. The van der Waals surface area contributed by atoms with E-state index in [1.54, 1.807) is 0 Å². The molecular formula is C15H20O4. The van der Waals surface area contributed by atoms with Crippen LogP contribution in [0.3, 0.4) is 0 Å². The van der Waals surface area contributed by atoms with Crippen molar-refractivity contribution in [2.24, 2.45) is 35.5 Å². The molecule has 0 aromatic rings. The van der Waals surface area contributed by atoms with Crippen molar-refractivity contribution in [1.29, 1.82) is 0 Å². The number of carbonyl (C=O) groups excluding carboxylic acids is 1. The topological polar surface area (TPSA) is 63.6 Å². The molecule has 0 spiro atoms. The average Bonchev–Trinajstić information content (AvgIpc) is 3.06. The molecule has 2 bridgehead atoms. The molecule has 0 heterocycles. The summed E-state index contributed by atoms with van der Waals surface area (Å²) >= 11 is 0. The van der Waals surface area contributed by atoms with Gasteiger partial charge in [0.25, 0.3) is 0 Å². The Hall–Kier alpha value is -1.32. The van der Waals surface area contributed by atoms with Crippen molar-refractivity contribution in [1.82, 2.24) is 0 Å². The zero-order valence-electron chi connectivity index (χ0n) is 11.0. The molecule has 3 aliphatic carbocycles. The van der Waals surface area contributed by atoms with E-state index in [4.69, 9.17) is 4.74 Å². The van der Waals surface area contributed by atoms with E-state index in [2.05, 4.69) is 6.58 Å². The molecule has 0 aromatic carbocycles. The average molecular weight is 264 g/mol. The van der Waals surface area contributed by atoms with Crippen LogP contribution in [0.25, 0.3) is 0 Å². The fourth-order valence-corrected chi connectivity index (χ4v) is 5.00. The van der Waals surface area contributed by atoms with Crippen molar-refractivity contribution in [3.05, 3.63) is 12.7 Å². The summed E-state index contributed by atoms with van der Waals surface area (Å²) in [5, 5.41) is 9.25. The molecule has 3 saturated carbocycles. The van der Waals surface area contributed by atoms with Crippen LogP contribution in [0.4, 0.5) is 0 Å². The number of carboxylic acid groups (broad SMARTS) is 1. The Balaban J connectivity index is 1.64. The maximum Gasteiger partial charge on any atom is 0.330 e. The summed E-state index contributed by atoms with van der Waals surface area (Å²) in [5.74, 6) is 1.37. The van der Waals surface area contributed by atoms with Crippen molar-refractivity contribution in [2.45, 2.75) is 25.7 Å². The Kier molecular flexibility index (Phi) is 3.11. The molecule has 3 rings (SSSR count). The molecule has 0 radical (unpaired) electrons. The van der Waals surface area contributed by atoms with E-state index < -0.39 is 5.97 Å². The number of esters is 1. The SMILES string of the molecule is C=CC(=O)OCC1CCC2C3CC(CC3C(=O)O)C12. The molecule has 4 heteroatoms. The second-order valence-corrected chi connectivity index (χ2v) is 6.25. The number of carboxylic acids is 1. The third-order valence-corrected chi connectivity index (χ3v) is 5.58. The van der Waals surface area contributed by atoms with Gasteiger partial charge in [-0.25, -0.2) is 4.79 Å². The number of hydrogen-bond acceptors (Lipinski definition) is 3. The molecule has 0 aromatic heterocycles. The van der Waals surface area contributed by atoms with E-state index in [1.165, 1.54) is 6.08 Å². The monoisotopic (exact) mass is 264 g/mol. The molecule has 3 fully saturated rings. The highest BCUT2D eigenvalue weighted by atomic mass is 16.5. The standard InChI is InChI=1S/C15H20O4/c1-2-13(16)19-7-8-3-4-10-11-5-9(14(8)10)6-12(11)15(17)18/h2,8-12,14H,1,3-7H2,(H,17,18). The van der Waals surface area contributed by atoms with Crippen LogP contribution < -0.4 is 0 Å². The number of aliphatic carboxylic acids is 1. The van der Waals surface area contributed by atoms with Crippen LogP contribution in [0.5, 0.6) is 0 Å². The number of ether oxygens (including phenoxy) is 1. The summed E-state index contributed by atoms with van der Waals surface area (Å²) in [6.07, 6.45) is 5.27. The molecular weight excluding hydrogens is 244 g/mol. The van der Waals surface area contributed by atoms with E-state index in [-0.39, 0.29) is 11.9 Å². The van der Waals surface area contributed by atoms with Crippen LogP contribution in [0, 0.1) is 35.5 Å². The molecule has 3 aliphatic rings. The van der Waals surface area contributed by atoms with Gasteiger partial charge in [-0.2, -0.15) is 0 Å². The summed E-state index contributed by atoms with van der Waals surface area (Å²) < 4.78 is 5.19. The van der Waals surface area contributed by atoms with Gasteiger partial charge in [-0.1, -0.05) is 6.58 Å². The van der Waals surface area contributed by atoms with E-state index >= 15 is 0 Å². The summed E-state index contributed by atoms with van der Waals surface area (Å²) in [4.78, 5) is 22.4. The fourth-order valence-electron chi connectivity index (χ4n) is 5.00. The van der Waals surface area contributed by atoms with E-state index in [0.717, 1.165) is 25.7 Å². The van der Waals surface area contributed by atoms with E-state index in [0.29, 0.717) is 36.2 Å². The Morgan fingerprint density at radius 1 is 1.26 bits per heavy atom. The number of rotatable bonds is 4. The molecule has 0 saturated heterocycles. The van der Waals surface area contributed by atoms with Crippen LogP contribution in [-0.2, 0) is 14.3 Å². The van der Waals surface area contributed by atoms with Gasteiger partial charge in [0.1, 0.15) is 0 Å². The van der Waals surface area contributed by atoms with Crippen molar-refractivity contribution in [3.63, 3.8) is 0 Å². The van der Waals surface area contributed by atoms with Crippen LogP contribution >= 0.6 is 0 Å². The zero-order valence-corrected chi connectivity index (χ0v) is 11.0. The second-order valence-electron chi connectivity index (χ2n) is 6.25. The van der Waals surface area contributed by atoms with Crippen LogP contribution in [0.2, 0.25) is 0 Å². The Morgan fingerprint density at radius 2 is 2.05 bits per heavy atom. The lowest BCUT2D eigenvalue weighted by Gasteiger charge is -2.31. The fraction of sp³-hybridized carbons (Fsp3) is 0.733. The maximum atomic E-state index is 11.2. The lowest BCUT2D eigenvalue weighted by Crippen LogP contribution is -2.32. The molecule has 104 valence electrons. The summed E-state index contributed by atoms with van der Waals surface area (Å²) in [5.41, 5.74) is 0. The predicted molar refractivity (Wildman–Crippen MR) is 68.2 cm³/mol. The highest BCUT2D eigenvalue weighted by Crippen LogP contribution is 2.62. The van der Waals surface area contributed by atoms with Gasteiger partial charge < -0.3 is 9.84 Å². The van der Waals surface area contributed by atoms with Gasteiger partial charge in [-0.15, -0.1) is 0 Å². The number of hydrogen-bond donors (Lipinski definition) is 1. The van der Waals surface area contributed by atoms with Crippen molar-refractivity contribution in [3.8, 4) is 0 Å². The summed E-state index contributed by atoms with van der Waals surface area (Å²) in [6, 6.07) is 0. The Labute approximate surface area is 112 Å². The lowest BCUT2D eigenvalue weighted by molar-refractivity contribution is -0.144. The van der Waals surface area contributed by atoms with Crippen LogP contribution in [0.1, 0.15) is 25.7 Å². The minimum absolute atomic E-state index is 0.124. The highest BCUT2D eigenvalue weighted by Gasteiger charge is 2.58. The van der Waals surface area contributed by atoms with Crippen molar-refractivity contribution < 1.29 is 19.4 Å². The third-order valence-electron chi connectivity index (χ3n) is 5.58. The van der Waals surface area contributed by atoms with Crippen molar-refractivity contribution in [2.75, 3.05) is 6.61 Å². The van der Waals surface area contributed by atoms with Crippen molar-refractivity contribution >= 4 is 11.9 Å². The third kappa shape index (κ3) is 1.97. The first kappa shape index (κ1) is 12.7. The zero-order chi connectivity index (χ0) is 13.6. The highest BCUT2D eigenvalue weighted by molar-refractivity contribution is 5.81. The normalized spacial score (nSPS) is 42.9. The quantitative estimate of drug-likeness (QED) is 0.624. The molecule has 0 aliphatic heterocycles. The summed E-state index contributed by atoms with van der Waals surface area (Å²) in [7, 11) is 0. The van der Waals surface area contributed by atoms with E-state index in [1.807, 2.05) is 0 Å². The number of fused-ring (bicyclic) bond motifs is 5. The van der Waals surface area contributed by atoms with Gasteiger partial charge in [0.2, 0.25) is 0 Å². The smallest absolute Gasteiger partial charge is 0.330 e. The first-order valence-corrected chi connectivity index (χ1v) is 7.13. The van der Waals surface area contributed by atoms with Crippen LogP contribution in [0.15, 0.2) is 12.7 Å². The van der Waals surface area contributed by atoms with Gasteiger partial charge in [-0.3, -0.25) is 4.79 Å². The molecule has 19 heavy (non-hydrogen) atoms. The molecule has 1 N–H and O–H groups in total. The molecule has 6 atom stereocenters. The first-order valence-electron chi connectivity index (χ1n) is 7.13. The molecule has 6 unspecified atom stereocenters. The van der Waals surface area contributed by atoms with Crippen LogP contribution in [-0.4, -0.2) is 23.7 Å². The van der Waals surface area contributed by atoms with Gasteiger partial charge in [-0.05, 0) is 55.3 Å². The minimum Gasteiger partial charge on any atom is -0.481 e. The maximum absolute atomic E-state index is 11.2. The Bertz CT molecular complexity index is 416. The van der Waals surface area contributed by atoms with Gasteiger partial charge >= 0.3 is 11.9 Å². The second kappa shape index (κ2) is 4.66. The first-order chi connectivity index (χ1) is 9.11. The minimum atomic E-state index is -0.618. The molecule has 0 amide bonds. The summed E-state index contributed by atoms with van der Waals surface area (Å²) in [6.45, 7) is 3.88. The number of carbonyl (C=O) groups is 2. The van der Waals surface area contributed by atoms with Gasteiger partial charge in [0.15, 0.2) is 0 Å². The van der Waals surface area contributed by atoms with Gasteiger partial charge in [0.05, 0.1) is 12.5 Å². The van der Waals surface area contributed by atoms with Gasteiger partial charge in [0, 0.05) is 6.08 Å². The predicted octanol–water partition coefficient (Wildman–Crippen LogP) is 2.10.